The highest BCUT2D eigenvalue weighted by atomic mass is 16.5. The molecule has 0 amide bonds. The Hall–Kier alpha value is -1.88. The van der Waals surface area contributed by atoms with Gasteiger partial charge in [-0.05, 0) is 24.6 Å². The molecule has 0 atom stereocenters. The summed E-state index contributed by atoms with van der Waals surface area (Å²) >= 11 is 0. The zero-order valence-corrected chi connectivity index (χ0v) is 10.4. The van der Waals surface area contributed by atoms with E-state index in [1.54, 1.807) is 0 Å². The Balaban J connectivity index is 2.21. The summed E-state index contributed by atoms with van der Waals surface area (Å²) in [6.45, 7) is 3.82. The highest BCUT2D eigenvalue weighted by Gasteiger charge is 2.27. The normalized spacial score (nSPS) is 15.7. The molecule has 1 fully saturated rings. The minimum absolute atomic E-state index is 0.374. The SMILES string of the molecule is COC(=O)c1nc(C2CNC2)n2ccc(C)cc12. The van der Waals surface area contributed by atoms with E-state index in [9.17, 15) is 4.79 Å². The summed E-state index contributed by atoms with van der Waals surface area (Å²) in [6.07, 6.45) is 1.97. The second kappa shape index (κ2) is 4.10. The Morgan fingerprint density at radius 3 is 2.94 bits per heavy atom. The predicted molar refractivity (Wildman–Crippen MR) is 66.9 cm³/mol. The van der Waals surface area contributed by atoms with E-state index in [-0.39, 0.29) is 5.97 Å². The first-order valence-corrected chi connectivity index (χ1v) is 5.98. The highest BCUT2D eigenvalue weighted by molar-refractivity contribution is 5.95. The van der Waals surface area contributed by atoms with E-state index in [1.165, 1.54) is 7.11 Å². The third kappa shape index (κ3) is 1.59. The van der Waals surface area contributed by atoms with E-state index in [2.05, 4.69) is 10.3 Å². The van der Waals surface area contributed by atoms with Crippen LogP contribution < -0.4 is 5.32 Å². The molecule has 0 spiro atoms. The molecule has 94 valence electrons. The van der Waals surface area contributed by atoms with Gasteiger partial charge in [-0.1, -0.05) is 0 Å². The molecule has 0 unspecified atom stereocenters. The number of ether oxygens (including phenoxy) is 1. The van der Waals surface area contributed by atoms with Crippen LogP contribution in [0.3, 0.4) is 0 Å². The number of carbonyl (C=O) groups is 1. The molecule has 0 bridgehead atoms. The smallest absolute Gasteiger partial charge is 0.358 e. The maximum absolute atomic E-state index is 11.8. The fraction of sp³-hybridized carbons (Fsp3) is 0.385. The van der Waals surface area contributed by atoms with Crippen molar-refractivity contribution in [1.29, 1.82) is 0 Å². The lowest BCUT2D eigenvalue weighted by molar-refractivity contribution is 0.0596. The van der Waals surface area contributed by atoms with Gasteiger partial charge in [0.25, 0.3) is 0 Å². The van der Waals surface area contributed by atoms with Gasteiger partial charge in [0.05, 0.1) is 12.6 Å². The van der Waals surface area contributed by atoms with E-state index < -0.39 is 0 Å². The van der Waals surface area contributed by atoms with Gasteiger partial charge in [0.15, 0.2) is 5.69 Å². The Labute approximate surface area is 105 Å². The number of carbonyl (C=O) groups excluding carboxylic acids is 1. The zero-order chi connectivity index (χ0) is 12.7. The predicted octanol–water partition coefficient (Wildman–Crippen LogP) is 1.12. The lowest BCUT2D eigenvalue weighted by atomic mass is 10.0. The molecule has 2 aromatic rings. The number of nitrogens with zero attached hydrogens (tertiary/aromatic N) is 2. The van der Waals surface area contributed by atoms with Crippen molar-refractivity contribution in [2.24, 2.45) is 0 Å². The standard InChI is InChI=1S/C13H15N3O2/c1-8-3-4-16-10(5-8)11(13(17)18-2)15-12(16)9-6-14-7-9/h3-5,9,14H,6-7H2,1-2H3. The molecule has 1 saturated heterocycles. The van der Waals surface area contributed by atoms with Crippen molar-refractivity contribution in [3.63, 3.8) is 0 Å². The molecule has 3 heterocycles. The van der Waals surface area contributed by atoms with Gasteiger partial charge in [-0.25, -0.2) is 9.78 Å². The van der Waals surface area contributed by atoms with Gasteiger partial charge in [0.1, 0.15) is 5.82 Å². The molecule has 2 aromatic heterocycles. The number of esters is 1. The molecule has 1 N–H and O–H groups in total. The topological polar surface area (TPSA) is 55.6 Å². The maximum Gasteiger partial charge on any atom is 0.358 e. The van der Waals surface area contributed by atoms with Gasteiger partial charge < -0.3 is 14.5 Å². The van der Waals surface area contributed by atoms with E-state index in [0.29, 0.717) is 11.6 Å². The maximum atomic E-state index is 11.8. The van der Waals surface area contributed by atoms with E-state index in [4.69, 9.17) is 4.74 Å². The van der Waals surface area contributed by atoms with Gasteiger partial charge in [0.2, 0.25) is 0 Å². The molecule has 0 aliphatic carbocycles. The van der Waals surface area contributed by atoms with Gasteiger partial charge in [-0.2, -0.15) is 0 Å². The number of rotatable bonds is 2. The van der Waals surface area contributed by atoms with Crippen molar-refractivity contribution in [3.8, 4) is 0 Å². The van der Waals surface area contributed by atoms with Gasteiger partial charge in [-0.15, -0.1) is 0 Å². The molecular formula is C13H15N3O2. The molecular weight excluding hydrogens is 230 g/mol. The Morgan fingerprint density at radius 2 is 2.33 bits per heavy atom. The number of aryl methyl sites for hydroxylation is 1. The molecule has 1 aliphatic heterocycles. The number of pyridine rings is 1. The van der Waals surface area contributed by atoms with Gasteiger partial charge in [0, 0.05) is 25.2 Å². The summed E-state index contributed by atoms with van der Waals surface area (Å²) in [7, 11) is 1.38. The van der Waals surface area contributed by atoms with Crippen LogP contribution in [0, 0.1) is 6.92 Å². The Bertz CT molecular complexity index is 614. The fourth-order valence-corrected chi connectivity index (χ4v) is 2.22. The van der Waals surface area contributed by atoms with Crippen LogP contribution in [0.15, 0.2) is 18.3 Å². The van der Waals surface area contributed by atoms with Crippen LogP contribution in [0.4, 0.5) is 0 Å². The number of imidazole rings is 1. The lowest BCUT2D eigenvalue weighted by Gasteiger charge is -2.25. The number of nitrogens with one attached hydrogen (secondary N) is 1. The van der Waals surface area contributed by atoms with Crippen LogP contribution in [-0.2, 0) is 4.74 Å². The van der Waals surface area contributed by atoms with Crippen LogP contribution in [0.2, 0.25) is 0 Å². The van der Waals surface area contributed by atoms with Crippen molar-refractivity contribution in [1.82, 2.24) is 14.7 Å². The second-order valence-corrected chi connectivity index (χ2v) is 4.62. The largest absolute Gasteiger partial charge is 0.464 e. The Kier molecular flexibility index (Phi) is 2.56. The van der Waals surface area contributed by atoms with E-state index >= 15 is 0 Å². The van der Waals surface area contributed by atoms with E-state index in [1.807, 2.05) is 29.7 Å². The lowest BCUT2D eigenvalue weighted by Crippen LogP contribution is -2.40. The number of aromatic nitrogens is 2. The zero-order valence-electron chi connectivity index (χ0n) is 10.4. The average molecular weight is 245 g/mol. The summed E-state index contributed by atoms with van der Waals surface area (Å²) in [5, 5.41) is 3.22. The first-order valence-electron chi connectivity index (χ1n) is 5.98. The summed E-state index contributed by atoms with van der Waals surface area (Å²) in [5.41, 5.74) is 2.33. The van der Waals surface area contributed by atoms with Gasteiger partial charge >= 0.3 is 5.97 Å². The third-order valence-electron chi connectivity index (χ3n) is 3.35. The van der Waals surface area contributed by atoms with Crippen molar-refractivity contribution < 1.29 is 9.53 Å². The average Bonchev–Trinajstić information content (AvgIpc) is 2.65. The van der Waals surface area contributed by atoms with Crippen molar-refractivity contribution in [2.45, 2.75) is 12.8 Å². The summed E-state index contributed by atoms with van der Waals surface area (Å²) < 4.78 is 6.79. The van der Waals surface area contributed by atoms with Gasteiger partial charge in [-0.3, -0.25) is 0 Å². The van der Waals surface area contributed by atoms with E-state index in [0.717, 1.165) is 30.0 Å². The first-order chi connectivity index (χ1) is 8.70. The van der Waals surface area contributed by atoms with Crippen LogP contribution in [0.1, 0.15) is 27.8 Å². The summed E-state index contributed by atoms with van der Waals surface area (Å²) in [4.78, 5) is 16.2. The third-order valence-corrected chi connectivity index (χ3v) is 3.35. The van der Waals surface area contributed by atoms with Crippen LogP contribution in [-0.4, -0.2) is 35.6 Å². The molecule has 5 heteroatoms. The van der Waals surface area contributed by atoms with Crippen LogP contribution in [0.5, 0.6) is 0 Å². The summed E-state index contributed by atoms with van der Waals surface area (Å²) in [5.74, 6) is 0.930. The minimum Gasteiger partial charge on any atom is -0.464 e. The first kappa shape index (κ1) is 11.2. The molecule has 18 heavy (non-hydrogen) atoms. The van der Waals surface area contributed by atoms with Crippen molar-refractivity contribution in [3.05, 3.63) is 35.4 Å². The van der Waals surface area contributed by atoms with Crippen LogP contribution in [0.25, 0.3) is 5.52 Å². The number of methoxy groups -OCH3 is 1. The second-order valence-electron chi connectivity index (χ2n) is 4.62. The number of hydrogen-bond acceptors (Lipinski definition) is 4. The molecule has 0 radical (unpaired) electrons. The van der Waals surface area contributed by atoms with Crippen LogP contribution >= 0.6 is 0 Å². The fourth-order valence-electron chi connectivity index (χ4n) is 2.22. The molecule has 0 aromatic carbocycles. The molecule has 5 nitrogen and oxygen atoms in total. The monoisotopic (exact) mass is 245 g/mol. The number of hydrogen-bond donors (Lipinski definition) is 1. The van der Waals surface area contributed by atoms with Crippen molar-refractivity contribution in [2.75, 3.05) is 20.2 Å². The minimum atomic E-state index is -0.378. The summed E-state index contributed by atoms with van der Waals surface area (Å²) in [6, 6.07) is 3.99. The Morgan fingerprint density at radius 1 is 1.56 bits per heavy atom. The number of fused-ring (bicyclic) bond motifs is 1. The molecule has 0 saturated carbocycles. The molecule has 1 aliphatic rings. The molecule has 3 rings (SSSR count). The van der Waals surface area contributed by atoms with Crippen molar-refractivity contribution >= 4 is 11.5 Å². The quantitative estimate of drug-likeness (QED) is 0.805. The highest BCUT2D eigenvalue weighted by Crippen LogP contribution is 2.23.